The average Bonchev–Trinajstić information content (AvgIpc) is 2.40. The van der Waals surface area contributed by atoms with Gasteiger partial charge in [0.15, 0.2) is 0 Å². The fraction of sp³-hybridized carbons (Fsp3) is 0.0769. The smallest absolute Gasteiger partial charge is 0.252 e. The second-order valence-electron chi connectivity index (χ2n) is 3.89. The van der Waals surface area contributed by atoms with Gasteiger partial charge in [-0.3, -0.25) is 9.78 Å². The van der Waals surface area contributed by atoms with Crippen molar-refractivity contribution in [3.63, 3.8) is 0 Å². The molecule has 1 heterocycles. The van der Waals surface area contributed by atoms with Crippen LogP contribution in [0.15, 0.2) is 41.1 Å². The Kier molecular flexibility index (Phi) is 4.11. The van der Waals surface area contributed by atoms with Crippen LogP contribution < -0.4 is 11.1 Å². The van der Waals surface area contributed by atoms with E-state index in [9.17, 15) is 9.18 Å². The minimum atomic E-state index is -0.558. The van der Waals surface area contributed by atoms with E-state index in [4.69, 9.17) is 5.73 Å². The summed E-state index contributed by atoms with van der Waals surface area (Å²) in [6.07, 6.45) is 2.95. The first-order valence-corrected chi connectivity index (χ1v) is 6.29. The molecule has 0 radical (unpaired) electrons. The second-order valence-corrected chi connectivity index (χ2v) is 4.74. The minimum Gasteiger partial charge on any atom is -0.380 e. The molecule has 1 aromatic heterocycles. The Bertz CT molecular complexity index is 619. The number of carbonyl (C=O) groups excluding carboxylic acids is 1. The van der Waals surface area contributed by atoms with Gasteiger partial charge in [0.2, 0.25) is 0 Å². The number of nitrogens with one attached hydrogen (secondary N) is 1. The molecule has 3 N–H and O–H groups in total. The van der Waals surface area contributed by atoms with E-state index >= 15 is 0 Å². The Balaban J connectivity index is 2.14. The Hall–Kier alpha value is -1.95. The van der Waals surface area contributed by atoms with E-state index in [0.29, 0.717) is 22.3 Å². The van der Waals surface area contributed by atoms with Gasteiger partial charge >= 0.3 is 0 Å². The van der Waals surface area contributed by atoms with Gasteiger partial charge in [-0.15, -0.1) is 0 Å². The zero-order chi connectivity index (χ0) is 13.8. The Labute approximate surface area is 118 Å². The van der Waals surface area contributed by atoms with Crippen LogP contribution in [0.3, 0.4) is 0 Å². The molecule has 0 atom stereocenters. The number of rotatable bonds is 4. The van der Waals surface area contributed by atoms with Crippen molar-refractivity contribution in [1.29, 1.82) is 0 Å². The maximum atomic E-state index is 13.4. The highest BCUT2D eigenvalue weighted by Gasteiger charge is 2.08. The van der Waals surface area contributed by atoms with Crippen LogP contribution in [0.25, 0.3) is 0 Å². The second kappa shape index (κ2) is 5.79. The molecule has 4 nitrogen and oxygen atoms in total. The van der Waals surface area contributed by atoms with E-state index < -0.39 is 5.91 Å². The van der Waals surface area contributed by atoms with E-state index in [0.717, 1.165) is 5.56 Å². The first-order chi connectivity index (χ1) is 9.08. The molecule has 0 aliphatic carbocycles. The zero-order valence-corrected chi connectivity index (χ0v) is 11.4. The highest BCUT2D eigenvalue weighted by Crippen LogP contribution is 2.18. The predicted molar refractivity (Wildman–Crippen MR) is 74.2 cm³/mol. The molecule has 0 saturated carbocycles. The van der Waals surface area contributed by atoms with Gasteiger partial charge in [0, 0.05) is 18.9 Å². The van der Waals surface area contributed by atoms with E-state index in [1.54, 1.807) is 24.4 Å². The van der Waals surface area contributed by atoms with Crippen molar-refractivity contribution in [2.45, 2.75) is 6.54 Å². The third kappa shape index (κ3) is 3.29. The van der Waals surface area contributed by atoms with Gasteiger partial charge in [0.1, 0.15) is 5.82 Å². The Morgan fingerprint density at radius 3 is 2.89 bits per heavy atom. The molecule has 98 valence electrons. The molecule has 0 unspecified atom stereocenters. The Morgan fingerprint density at radius 1 is 1.42 bits per heavy atom. The molecule has 1 aromatic carbocycles. The number of amides is 1. The summed E-state index contributed by atoms with van der Waals surface area (Å²) in [4.78, 5) is 15.0. The van der Waals surface area contributed by atoms with Crippen LogP contribution in [0.5, 0.6) is 0 Å². The number of aromatic nitrogens is 1. The number of hydrogen-bond donors (Lipinski definition) is 2. The van der Waals surface area contributed by atoms with Gasteiger partial charge in [-0.1, -0.05) is 6.07 Å². The number of pyridine rings is 1. The summed E-state index contributed by atoms with van der Waals surface area (Å²) in [7, 11) is 0. The molecule has 2 aromatic rings. The van der Waals surface area contributed by atoms with Gasteiger partial charge in [-0.2, -0.15) is 0 Å². The normalized spacial score (nSPS) is 10.2. The number of halogens is 2. The number of hydrogen-bond acceptors (Lipinski definition) is 3. The lowest BCUT2D eigenvalue weighted by Gasteiger charge is -2.09. The molecule has 0 aliphatic rings. The summed E-state index contributed by atoms with van der Waals surface area (Å²) in [5, 5.41) is 3.03. The molecule has 0 saturated heterocycles. The highest BCUT2D eigenvalue weighted by atomic mass is 79.9. The summed E-state index contributed by atoms with van der Waals surface area (Å²) >= 11 is 3.09. The van der Waals surface area contributed by atoms with Crippen LogP contribution in [0.2, 0.25) is 0 Å². The van der Waals surface area contributed by atoms with E-state index in [-0.39, 0.29) is 5.82 Å². The standard InChI is InChI=1S/C13H11BrFN3O/c14-10-2-1-8(5-11(10)15)6-18-12-3-4-17-7-9(12)13(16)19/h1-5,7H,6H2,(H2,16,19)(H,17,18). The van der Waals surface area contributed by atoms with Gasteiger partial charge in [0.05, 0.1) is 15.7 Å². The molecule has 0 bridgehead atoms. The Morgan fingerprint density at radius 2 is 2.21 bits per heavy atom. The summed E-state index contributed by atoms with van der Waals surface area (Å²) in [6, 6.07) is 6.48. The third-order valence-electron chi connectivity index (χ3n) is 2.55. The first kappa shape index (κ1) is 13.5. The lowest BCUT2D eigenvalue weighted by molar-refractivity contribution is 0.100. The van der Waals surface area contributed by atoms with Crippen LogP contribution in [-0.2, 0) is 6.54 Å². The first-order valence-electron chi connectivity index (χ1n) is 5.49. The van der Waals surface area contributed by atoms with Crippen LogP contribution in [0.4, 0.5) is 10.1 Å². The van der Waals surface area contributed by atoms with Crippen molar-refractivity contribution >= 4 is 27.5 Å². The summed E-state index contributed by atoms with van der Waals surface area (Å²) < 4.78 is 13.8. The maximum absolute atomic E-state index is 13.4. The van der Waals surface area contributed by atoms with Crippen molar-refractivity contribution in [1.82, 2.24) is 4.98 Å². The van der Waals surface area contributed by atoms with Crippen molar-refractivity contribution < 1.29 is 9.18 Å². The minimum absolute atomic E-state index is 0.306. The molecular weight excluding hydrogens is 313 g/mol. The SMILES string of the molecule is NC(=O)c1cnccc1NCc1ccc(Br)c(F)c1. The monoisotopic (exact) mass is 323 g/mol. The predicted octanol–water partition coefficient (Wildman–Crippen LogP) is 2.69. The van der Waals surface area contributed by atoms with E-state index in [2.05, 4.69) is 26.2 Å². The van der Waals surface area contributed by atoms with Crippen LogP contribution in [0, 0.1) is 5.82 Å². The van der Waals surface area contributed by atoms with Gasteiger partial charge < -0.3 is 11.1 Å². The molecule has 0 aliphatic heterocycles. The van der Waals surface area contributed by atoms with Crippen LogP contribution in [-0.4, -0.2) is 10.9 Å². The fourth-order valence-electron chi connectivity index (χ4n) is 1.59. The number of anilines is 1. The molecule has 2 rings (SSSR count). The molecule has 0 spiro atoms. The molecule has 1 amide bonds. The third-order valence-corrected chi connectivity index (χ3v) is 3.20. The largest absolute Gasteiger partial charge is 0.380 e. The van der Waals surface area contributed by atoms with Crippen LogP contribution >= 0.6 is 15.9 Å². The van der Waals surface area contributed by atoms with E-state index in [1.807, 2.05) is 0 Å². The highest BCUT2D eigenvalue weighted by molar-refractivity contribution is 9.10. The van der Waals surface area contributed by atoms with Crippen LogP contribution in [0.1, 0.15) is 15.9 Å². The number of nitrogens with zero attached hydrogens (tertiary/aromatic N) is 1. The maximum Gasteiger partial charge on any atom is 0.252 e. The molecule has 19 heavy (non-hydrogen) atoms. The number of benzene rings is 1. The quantitative estimate of drug-likeness (QED) is 0.909. The van der Waals surface area contributed by atoms with Gasteiger partial charge in [0.25, 0.3) is 5.91 Å². The number of primary amides is 1. The number of carbonyl (C=O) groups is 1. The lowest BCUT2D eigenvalue weighted by atomic mass is 10.2. The zero-order valence-electron chi connectivity index (χ0n) is 9.86. The fourth-order valence-corrected chi connectivity index (χ4v) is 1.84. The van der Waals surface area contributed by atoms with Crippen molar-refractivity contribution in [2.75, 3.05) is 5.32 Å². The van der Waals surface area contributed by atoms with Crippen molar-refractivity contribution in [3.8, 4) is 0 Å². The summed E-state index contributed by atoms with van der Waals surface area (Å²) in [6.45, 7) is 0.383. The lowest BCUT2D eigenvalue weighted by Crippen LogP contribution is -2.14. The van der Waals surface area contributed by atoms with Crippen molar-refractivity contribution in [2.24, 2.45) is 5.73 Å². The van der Waals surface area contributed by atoms with E-state index in [1.165, 1.54) is 12.3 Å². The van der Waals surface area contributed by atoms with Gasteiger partial charge in [-0.25, -0.2) is 4.39 Å². The topological polar surface area (TPSA) is 68.0 Å². The van der Waals surface area contributed by atoms with Gasteiger partial charge in [-0.05, 0) is 39.7 Å². The molecule has 0 fully saturated rings. The number of nitrogens with two attached hydrogens (primary N) is 1. The molecule has 6 heteroatoms. The summed E-state index contributed by atoms with van der Waals surface area (Å²) in [5.41, 5.74) is 6.88. The van der Waals surface area contributed by atoms with Crippen molar-refractivity contribution in [3.05, 3.63) is 58.1 Å². The molecular formula is C13H11BrFN3O. The summed E-state index contributed by atoms with van der Waals surface area (Å²) in [5.74, 6) is -0.887. The average molecular weight is 324 g/mol.